The molecule has 1 atom stereocenters. The van der Waals surface area contributed by atoms with E-state index in [9.17, 15) is 14.7 Å². The van der Waals surface area contributed by atoms with Gasteiger partial charge in [-0.25, -0.2) is 9.69 Å². The predicted molar refractivity (Wildman–Crippen MR) is 116 cm³/mol. The van der Waals surface area contributed by atoms with Crippen LogP contribution in [0.3, 0.4) is 0 Å². The Morgan fingerprint density at radius 3 is 2.45 bits per heavy atom. The number of rotatable bonds is 8. The Balaban J connectivity index is 1.85. The second-order valence-electron chi connectivity index (χ2n) is 8.02. The number of benzene rings is 2. The smallest absolute Gasteiger partial charge is 0.416 e. The summed E-state index contributed by atoms with van der Waals surface area (Å²) in [5.41, 5.74) is 2.56. The molecule has 2 aromatic carbocycles. The highest BCUT2D eigenvalue weighted by Crippen LogP contribution is 2.31. The van der Waals surface area contributed by atoms with Crippen molar-refractivity contribution in [2.75, 3.05) is 4.90 Å². The first kappa shape index (κ1) is 21.1. The highest BCUT2D eigenvalue weighted by molar-refractivity contribution is 5.98. The molecule has 0 aromatic heterocycles. The molecule has 0 saturated heterocycles. The van der Waals surface area contributed by atoms with Crippen LogP contribution in [-0.2, 0) is 6.54 Å². The summed E-state index contributed by atoms with van der Waals surface area (Å²) in [6.45, 7) is 4.22. The van der Waals surface area contributed by atoms with Crippen LogP contribution in [0.5, 0.6) is 0 Å². The van der Waals surface area contributed by atoms with Crippen LogP contribution in [0.2, 0.25) is 0 Å². The second-order valence-corrected chi connectivity index (χ2v) is 8.02. The van der Waals surface area contributed by atoms with Crippen molar-refractivity contribution in [2.24, 2.45) is 5.92 Å². The maximum Gasteiger partial charge on any atom is 0.416 e. The fraction of sp³-hybridized carbons (Fsp3) is 0.417. The molecule has 1 amide bonds. The average molecular weight is 395 g/mol. The van der Waals surface area contributed by atoms with Crippen LogP contribution < -0.4 is 10.2 Å². The predicted octanol–water partition coefficient (Wildman–Crippen LogP) is 5.76. The van der Waals surface area contributed by atoms with Gasteiger partial charge in [0.25, 0.3) is 0 Å². The molecule has 5 heteroatoms. The van der Waals surface area contributed by atoms with Crippen molar-refractivity contribution in [3.63, 3.8) is 0 Å². The Hall–Kier alpha value is -2.66. The third-order valence-corrected chi connectivity index (χ3v) is 5.74. The number of nitrogens with one attached hydrogen (secondary N) is 1. The Kier molecular flexibility index (Phi) is 7.04. The van der Waals surface area contributed by atoms with E-state index in [1.54, 1.807) is 24.3 Å². The first-order valence-electron chi connectivity index (χ1n) is 10.4. The van der Waals surface area contributed by atoms with Gasteiger partial charge >= 0.3 is 6.09 Å². The molecule has 2 N–H and O–H groups in total. The summed E-state index contributed by atoms with van der Waals surface area (Å²) in [6, 6.07) is 14.6. The number of para-hydroxylation sites is 1. The van der Waals surface area contributed by atoms with E-state index in [0.29, 0.717) is 29.5 Å². The Morgan fingerprint density at radius 1 is 1.14 bits per heavy atom. The average Bonchev–Trinajstić information content (AvgIpc) is 3.20. The Labute approximate surface area is 172 Å². The lowest BCUT2D eigenvalue weighted by atomic mass is 9.99. The molecule has 2 aromatic rings. The van der Waals surface area contributed by atoms with Crippen molar-refractivity contribution in [1.29, 1.82) is 0 Å². The minimum absolute atomic E-state index is 0.0293. The number of nitrogens with zero attached hydrogens (tertiary/aromatic N) is 1. The van der Waals surface area contributed by atoms with Gasteiger partial charge in [-0.1, -0.05) is 43.9 Å². The Morgan fingerprint density at radius 2 is 1.83 bits per heavy atom. The quantitative estimate of drug-likeness (QED) is 0.558. The first-order chi connectivity index (χ1) is 14.0. The molecule has 0 aliphatic heterocycles. The van der Waals surface area contributed by atoms with E-state index in [2.05, 4.69) is 12.2 Å². The minimum Gasteiger partial charge on any atom is -0.464 e. The summed E-state index contributed by atoms with van der Waals surface area (Å²) in [5.74, 6) is 0.749. The van der Waals surface area contributed by atoms with Crippen LogP contribution in [0.4, 0.5) is 16.2 Å². The maximum absolute atomic E-state index is 12.1. The van der Waals surface area contributed by atoms with Gasteiger partial charge in [-0.05, 0) is 62.1 Å². The van der Waals surface area contributed by atoms with Crippen molar-refractivity contribution in [2.45, 2.75) is 58.5 Å². The fourth-order valence-corrected chi connectivity index (χ4v) is 4.21. The van der Waals surface area contributed by atoms with Crippen molar-refractivity contribution in [3.8, 4) is 0 Å². The van der Waals surface area contributed by atoms with Gasteiger partial charge in [-0.3, -0.25) is 4.79 Å². The third kappa shape index (κ3) is 5.45. The first-order valence-corrected chi connectivity index (χ1v) is 10.4. The van der Waals surface area contributed by atoms with E-state index in [1.807, 2.05) is 24.3 Å². The number of anilines is 2. The van der Waals surface area contributed by atoms with E-state index in [0.717, 1.165) is 17.9 Å². The summed E-state index contributed by atoms with van der Waals surface area (Å²) in [5, 5.41) is 13.4. The van der Waals surface area contributed by atoms with Gasteiger partial charge in [0.2, 0.25) is 0 Å². The SMILES string of the molecule is CC(=O)c1ccc(N(C(=O)O)c2ccccc2)c(CNC(C)CC2CCCC2)c1. The standard InChI is InChI=1S/C24H30N2O3/c1-17(14-19-8-6-7-9-19)25-16-21-15-20(18(2)27)12-13-23(21)26(24(28)29)22-10-4-3-5-11-22/h3-5,10-13,15,17,19,25H,6-9,14,16H2,1-2H3,(H,28,29). The maximum atomic E-state index is 12.1. The zero-order valence-electron chi connectivity index (χ0n) is 17.2. The summed E-state index contributed by atoms with van der Waals surface area (Å²) < 4.78 is 0. The number of hydrogen-bond acceptors (Lipinski definition) is 3. The molecule has 0 radical (unpaired) electrons. The number of amides is 1. The lowest BCUT2D eigenvalue weighted by molar-refractivity contribution is 0.101. The van der Waals surface area contributed by atoms with Gasteiger partial charge in [0.15, 0.2) is 5.78 Å². The van der Waals surface area contributed by atoms with E-state index in [1.165, 1.54) is 37.5 Å². The lowest BCUT2D eigenvalue weighted by Crippen LogP contribution is -2.30. The molecule has 0 spiro atoms. The van der Waals surface area contributed by atoms with E-state index in [4.69, 9.17) is 0 Å². The zero-order chi connectivity index (χ0) is 20.8. The van der Waals surface area contributed by atoms with Gasteiger partial charge in [0, 0.05) is 18.2 Å². The van der Waals surface area contributed by atoms with Crippen molar-refractivity contribution < 1.29 is 14.7 Å². The molecule has 29 heavy (non-hydrogen) atoms. The molecule has 154 valence electrons. The molecular weight excluding hydrogens is 364 g/mol. The van der Waals surface area contributed by atoms with Crippen LogP contribution in [0, 0.1) is 5.92 Å². The Bertz CT molecular complexity index is 844. The van der Waals surface area contributed by atoms with Crippen molar-refractivity contribution >= 4 is 23.3 Å². The molecule has 1 saturated carbocycles. The normalized spacial score (nSPS) is 15.2. The highest BCUT2D eigenvalue weighted by Gasteiger charge is 2.22. The van der Waals surface area contributed by atoms with Gasteiger partial charge in [0.05, 0.1) is 11.4 Å². The number of Topliss-reactive ketones (excluding diaryl/α,β-unsaturated/α-hetero) is 1. The molecule has 0 bridgehead atoms. The minimum atomic E-state index is -1.05. The van der Waals surface area contributed by atoms with Crippen LogP contribution in [-0.4, -0.2) is 23.0 Å². The van der Waals surface area contributed by atoms with Crippen LogP contribution in [0.1, 0.15) is 61.9 Å². The van der Waals surface area contributed by atoms with E-state index >= 15 is 0 Å². The molecule has 5 nitrogen and oxygen atoms in total. The molecule has 1 fully saturated rings. The monoisotopic (exact) mass is 394 g/mol. The topological polar surface area (TPSA) is 69.6 Å². The van der Waals surface area contributed by atoms with Crippen LogP contribution in [0.15, 0.2) is 48.5 Å². The van der Waals surface area contributed by atoms with Crippen molar-refractivity contribution in [1.82, 2.24) is 5.32 Å². The van der Waals surface area contributed by atoms with Crippen LogP contribution in [0.25, 0.3) is 0 Å². The summed E-state index contributed by atoms with van der Waals surface area (Å²) in [6.07, 6.45) is 5.34. The van der Waals surface area contributed by atoms with Crippen LogP contribution >= 0.6 is 0 Å². The summed E-state index contributed by atoms with van der Waals surface area (Å²) in [7, 11) is 0. The number of ketones is 1. The number of carbonyl (C=O) groups excluding carboxylic acids is 1. The van der Waals surface area contributed by atoms with Gasteiger partial charge < -0.3 is 10.4 Å². The molecule has 3 rings (SSSR count). The van der Waals surface area contributed by atoms with Gasteiger partial charge in [-0.15, -0.1) is 0 Å². The van der Waals surface area contributed by atoms with Gasteiger partial charge in [0.1, 0.15) is 0 Å². The highest BCUT2D eigenvalue weighted by atomic mass is 16.4. The van der Waals surface area contributed by atoms with Gasteiger partial charge in [-0.2, -0.15) is 0 Å². The van der Waals surface area contributed by atoms with E-state index in [-0.39, 0.29) is 5.78 Å². The molecular formula is C24H30N2O3. The molecule has 0 heterocycles. The molecule has 1 unspecified atom stereocenters. The van der Waals surface area contributed by atoms with E-state index < -0.39 is 6.09 Å². The lowest BCUT2D eigenvalue weighted by Gasteiger charge is -2.24. The number of carbonyl (C=O) groups is 2. The third-order valence-electron chi connectivity index (χ3n) is 5.74. The largest absolute Gasteiger partial charge is 0.464 e. The van der Waals surface area contributed by atoms with Crippen molar-refractivity contribution in [3.05, 3.63) is 59.7 Å². The molecule has 1 aliphatic rings. The number of hydrogen-bond donors (Lipinski definition) is 2. The summed E-state index contributed by atoms with van der Waals surface area (Å²) >= 11 is 0. The number of carboxylic acid groups (broad SMARTS) is 1. The zero-order valence-corrected chi connectivity index (χ0v) is 17.2. The second kappa shape index (κ2) is 9.70. The fourth-order valence-electron chi connectivity index (χ4n) is 4.21. The summed E-state index contributed by atoms with van der Waals surface area (Å²) in [4.78, 5) is 25.3. The molecule has 1 aliphatic carbocycles.